The fraction of sp³-hybridized carbons (Fsp3) is 0.364. The van der Waals surface area contributed by atoms with Crippen LogP contribution >= 0.6 is 15.9 Å². The van der Waals surface area contributed by atoms with E-state index >= 15 is 0 Å². The Balaban J connectivity index is 2.48. The molecule has 0 radical (unpaired) electrons. The van der Waals surface area contributed by atoms with Crippen molar-refractivity contribution in [2.45, 2.75) is 0 Å². The fourth-order valence-electron chi connectivity index (χ4n) is 1.94. The third kappa shape index (κ3) is 2.42. The second kappa shape index (κ2) is 5.01. The first-order valence-corrected chi connectivity index (χ1v) is 6.14. The largest absolute Gasteiger partial charge is 0.367 e. The number of nitrogens with zero attached hydrogens (tertiary/aromatic N) is 1. The van der Waals surface area contributed by atoms with Crippen molar-refractivity contribution in [3.63, 3.8) is 0 Å². The van der Waals surface area contributed by atoms with Gasteiger partial charge in [-0.1, -0.05) is 0 Å². The predicted molar refractivity (Wildman–Crippen MR) is 67.7 cm³/mol. The van der Waals surface area contributed by atoms with Gasteiger partial charge in [-0.15, -0.1) is 0 Å². The molecule has 3 N–H and O–H groups in total. The molecule has 0 spiro atoms. The van der Waals surface area contributed by atoms with Gasteiger partial charge in [0.15, 0.2) is 0 Å². The van der Waals surface area contributed by atoms with Crippen LogP contribution in [0.15, 0.2) is 16.6 Å². The molecule has 0 bridgehead atoms. The van der Waals surface area contributed by atoms with Crippen LogP contribution in [0.4, 0.5) is 10.1 Å². The average Bonchev–Trinajstić information content (AvgIpc) is 2.33. The van der Waals surface area contributed by atoms with Crippen molar-refractivity contribution in [3.05, 3.63) is 28.0 Å². The van der Waals surface area contributed by atoms with Crippen LogP contribution in [0.3, 0.4) is 0 Å². The first kappa shape index (κ1) is 12.3. The maximum Gasteiger partial charge on any atom is 0.250 e. The van der Waals surface area contributed by atoms with Crippen LogP contribution in [0, 0.1) is 5.82 Å². The molecule has 0 saturated carbocycles. The highest BCUT2D eigenvalue weighted by Crippen LogP contribution is 2.32. The number of piperazine rings is 1. The van der Waals surface area contributed by atoms with E-state index in [-0.39, 0.29) is 5.82 Å². The van der Waals surface area contributed by atoms with Crippen molar-refractivity contribution in [2.75, 3.05) is 31.1 Å². The maximum atomic E-state index is 13.5. The van der Waals surface area contributed by atoms with Gasteiger partial charge < -0.3 is 16.0 Å². The highest BCUT2D eigenvalue weighted by Gasteiger charge is 2.21. The molecule has 0 atom stereocenters. The van der Waals surface area contributed by atoms with Gasteiger partial charge in [0, 0.05) is 26.2 Å². The molecule has 0 aromatic heterocycles. The summed E-state index contributed by atoms with van der Waals surface area (Å²) in [5.41, 5.74) is 6.22. The number of carbonyl (C=O) groups excluding carboxylic acids is 1. The molecule has 0 unspecified atom stereocenters. The molecule has 1 aromatic carbocycles. The first-order chi connectivity index (χ1) is 8.11. The van der Waals surface area contributed by atoms with Gasteiger partial charge in [-0.05, 0) is 28.1 Å². The highest BCUT2D eigenvalue weighted by atomic mass is 79.9. The van der Waals surface area contributed by atoms with E-state index in [4.69, 9.17) is 5.73 Å². The number of nitrogens with two attached hydrogens (primary N) is 1. The van der Waals surface area contributed by atoms with Crippen LogP contribution in [0.1, 0.15) is 10.4 Å². The summed E-state index contributed by atoms with van der Waals surface area (Å²) in [4.78, 5) is 13.3. The Labute approximate surface area is 107 Å². The molecule has 17 heavy (non-hydrogen) atoms. The normalized spacial score (nSPS) is 16.0. The Bertz CT molecular complexity index is 447. The topological polar surface area (TPSA) is 58.4 Å². The zero-order chi connectivity index (χ0) is 12.4. The molecule has 6 heteroatoms. The van der Waals surface area contributed by atoms with Gasteiger partial charge in [-0.25, -0.2) is 4.39 Å². The Morgan fingerprint density at radius 2 is 2.06 bits per heavy atom. The summed E-state index contributed by atoms with van der Waals surface area (Å²) in [6.07, 6.45) is 0. The quantitative estimate of drug-likeness (QED) is 0.860. The van der Waals surface area contributed by atoms with Gasteiger partial charge >= 0.3 is 0 Å². The number of halogens is 2. The summed E-state index contributed by atoms with van der Waals surface area (Å²) in [7, 11) is 0. The zero-order valence-electron chi connectivity index (χ0n) is 9.17. The summed E-state index contributed by atoms with van der Waals surface area (Å²) in [5, 5.41) is 3.20. The summed E-state index contributed by atoms with van der Waals surface area (Å²) in [6.45, 7) is 3.06. The number of hydrogen-bond acceptors (Lipinski definition) is 3. The molecular formula is C11H13BrFN3O. The number of benzene rings is 1. The number of nitrogens with one attached hydrogen (secondary N) is 1. The molecule has 0 aliphatic carbocycles. The second-order valence-electron chi connectivity index (χ2n) is 3.86. The summed E-state index contributed by atoms with van der Waals surface area (Å²) < 4.78 is 13.8. The Morgan fingerprint density at radius 3 is 2.65 bits per heavy atom. The molecule has 1 aliphatic rings. The van der Waals surface area contributed by atoms with Crippen LogP contribution < -0.4 is 16.0 Å². The molecule has 2 rings (SSSR count). The molecule has 1 aromatic rings. The minimum absolute atomic E-state index is 0.302. The van der Waals surface area contributed by atoms with E-state index in [0.29, 0.717) is 15.7 Å². The number of primary amides is 1. The summed E-state index contributed by atoms with van der Waals surface area (Å²) in [6, 6.07) is 2.68. The SMILES string of the molecule is NC(=O)c1ccc(F)c(Br)c1N1CCNCC1. The lowest BCUT2D eigenvalue weighted by Crippen LogP contribution is -2.44. The van der Waals surface area contributed by atoms with Gasteiger partial charge in [0.2, 0.25) is 0 Å². The maximum absolute atomic E-state index is 13.5. The Morgan fingerprint density at radius 1 is 1.41 bits per heavy atom. The fourth-order valence-corrected chi connectivity index (χ4v) is 2.53. The molecule has 1 fully saturated rings. The second-order valence-corrected chi connectivity index (χ2v) is 4.65. The summed E-state index contributed by atoms with van der Waals surface area (Å²) in [5.74, 6) is -0.928. The molecule has 1 amide bonds. The number of hydrogen-bond donors (Lipinski definition) is 2. The van der Waals surface area contributed by atoms with E-state index in [1.54, 1.807) is 0 Å². The van der Waals surface area contributed by atoms with Gasteiger partial charge in [-0.3, -0.25) is 4.79 Å². The first-order valence-electron chi connectivity index (χ1n) is 5.34. The van der Waals surface area contributed by atoms with E-state index in [9.17, 15) is 9.18 Å². The molecule has 1 saturated heterocycles. The van der Waals surface area contributed by atoms with Crippen LogP contribution in [0.2, 0.25) is 0 Å². The van der Waals surface area contributed by atoms with Crippen molar-refractivity contribution in [1.82, 2.24) is 5.32 Å². The van der Waals surface area contributed by atoms with E-state index < -0.39 is 5.91 Å². The van der Waals surface area contributed by atoms with E-state index in [1.165, 1.54) is 12.1 Å². The minimum Gasteiger partial charge on any atom is -0.367 e. The van der Waals surface area contributed by atoms with Crippen LogP contribution in [-0.4, -0.2) is 32.1 Å². The third-order valence-corrected chi connectivity index (χ3v) is 3.52. The predicted octanol–water partition coefficient (Wildman–Crippen LogP) is 1.10. The molecule has 1 aliphatic heterocycles. The standard InChI is InChI=1S/C11H13BrFN3O/c12-9-8(13)2-1-7(11(14)17)10(9)16-5-3-15-4-6-16/h1-2,15H,3-6H2,(H2,14,17). The zero-order valence-corrected chi connectivity index (χ0v) is 10.8. The lowest BCUT2D eigenvalue weighted by Gasteiger charge is -2.31. The molecule has 92 valence electrons. The monoisotopic (exact) mass is 301 g/mol. The number of amides is 1. The van der Waals surface area contributed by atoms with Crippen molar-refractivity contribution < 1.29 is 9.18 Å². The van der Waals surface area contributed by atoms with E-state index in [1.807, 2.05) is 4.90 Å². The van der Waals surface area contributed by atoms with Gasteiger partial charge in [0.1, 0.15) is 5.82 Å². The van der Waals surface area contributed by atoms with Crippen molar-refractivity contribution in [1.29, 1.82) is 0 Å². The van der Waals surface area contributed by atoms with Crippen LogP contribution in [0.5, 0.6) is 0 Å². The number of rotatable bonds is 2. The average molecular weight is 302 g/mol. The Kier molecular flexibility index (Phi) is 3.63. The third-order valence-electron chi connectivity index (χ3n) is 2.77. The molecular weight excluding hydrogens is 289 g/mol. The van der Waals surface area contributed by atoms with Crippen molar-refractivity contribution in [3.8, 4) is 0 Å². The number of anilines is 1. The lowest BCUT2D eigenvalue weighted by atomic mass is 10.1. The smallest absolute Gasteiger partial charge is 0.250 e. The van der Waals surface area contributed by atoms with Crippen LogP contribution in [-0.2, 0) is 0 Å². The van der Waals surface area contributed by atoms with Gasteiger partial charge in [-0.2, -0.15) is 0 Å². The number of carbonyl (C=O) groups is 1. The lowest BCUT2D eigenvalue weighted by molar-refractivity contribution is 0.100. The van der Waals surface area contributed by atoms with Crippen molar-refractivity contribution in [2.24, 2.45) is 5.73 Å². The van der Waals surface area contributed by atoms with Crippen molar-refractivity contribution >= 4 is 27.5 Å². The Hall–Kier alpha value is -1.14. The van der Waals surface area contributed by atoms with Crippen LogP contribution in [0.25, 0.3) is 0 Å². The highest BCUT2D eigenvalue weighted by molar-refractivity contribution is 9.10. The van der Waals surface area contributed by atoms with E-state index in [2.05, 4.69) is 21.2 Å². The van der Waals surface area contributed by atoms with E-state index in [0.717, 1.165) is 26.2 Å². The van der Waals surface area contributed by atoms with Gasteiger partial charge in [0.25, 0.3) is 5.91 Å². The molecule has 4 nitrogen and oxygen atoms in total. The van der Waals surface area contributed by atoms with Gasteiger partial charge in [0.05, 0.1) is 15.7 Å². The molecule has 1 heterocycles. The summed E-state index contributed by atoms with van der Waals surface area (Å²) >= 11 is 3.19. The minimum atomic E-state index is -0.542.